The molecule has 0 bridgehead atoms. The van der Waals surface area contributed by atoms with Gasteiger partial charge in [0, 0.05) is 60.4 Å². The second-order valence-electron chi connectivity index (χ2n) is 16.4. The highest BCUT2D eigenvalue weighted by atomic mass is 16.5. The van der Waals surface area contributed by atoms with Crippen LogP contribution in [-0.4, -0.2) is 141 Å². The molecule has 5 N–H and O–H groups in total. The maximum Gasteiger partial charge on any atom is 0.245 e. The molecule has 2 fully saturated rings. The van der Waals surface area contributed by atoms with E-state index >= 15 is 0 Å². The molecular formula is C42H71N7O7. The SMILES string of the molecule is CC[C@H](C)[C@@H](C(CC(=O)N1CCC[C@H]1[C@H](OC)[C@@H](C)C(=O)N[C@@H](Cc1ccccc1)C(N)=O)OC)N(C)C(=O)[C@@H](NC(=O)[C@H](C(C)C)N1CCNCC1)C(C)C. The van der Waals surface area contributed by atoms with Crippen molar-refractivity contribution in [1.29, 1.82) is 0 Å². The molecule has 1 aromatic rings. The molecule has 14 nitrogen and oxygen atoms in total. The Bertz CT molecular complexity index is 1420. The number of nitrogens with one attached hydrogen (secondary N) is 3. The normalized spacial score (nSPS) is 20.7. The van der Waals surface area contributed by atoms with Crippen molar-refractivity contribution in [2.75, 3.05) is 54.0 Å². The Balaban J connectivity index is 1.77. The summed E-state index contributed by atoms with van der Waals surface area (Å²) in [5.74, 6) is -2.42. The number of methoxy groups -OCH3 is 2. The molecule has 2 heterocycles. The Labute approximate surface area is 335 Å². The number of amides is 5. The molecule has 0 aliphatic carbocycles. The highest BCUT2D eigenvalue weighted by Gasteiger charge is 2.43. The van der Waals surface area contributed by atoms with Gasteiger partial charge in [-0.05, 0) is 36.2 Å². The van der Waals surface area contributed by atoms with Gasteiger partial charge in [-0.1, -0.05) is 85.2 Å². The lowest BCUT2D eigenvalue weighted by molar-refractivity contribution is -0.148. The Morgan fingerprint density at radius 1 is 0.911 bits per heavy atom. The molecule has 0 saturated carbocycles. The Hall–Kier alpha value is -3.59. The van der Waals surface area contributed by atoms with E-state index in [2.05, 4.69) is 20.9 Å². The first-order valence-electron chi connectivity index (χ1n) is 20.6. The Morgan fingerprint density at radius 2 is 1.55 bits per heavy atom. The molecule has 2 aliphatic heterocycles. The van der Waals surface area contributed by atoms with Crippen LogP contribution in [0.25, 0.3) is 0 Å². The van der Waals surface area contributed by atoms with Crippen molar-refractivity contribution in [3.63, 3.8) is 0 Å². The van der Waals surface area contributed by atoms with Gasteiger partial charge < -0.3 is 41.0 Å². The van der Waals surface area contributed by atoms with Gasteiger partial charge in [0.15, 0.2) is 0 Å². The van der Waals surface area contributed by atoms with Gasteiger partial charge >= 0.3 is 0 Å². The molecule has 5 amide bonds. The summed E-state index contributed by atoms with van der Waals surface area (Å²) in [6, 6.07) is 6.45. The van der Waals surface area contributed by atoms with E-state index in [-0.39, 0.29) is 60.3 Å². The summed E-state index contributed by atoms with van der Waals surface area (Å²) in [6.07, 6.45) is 1.08. The van der Waals surface area contributed by atoms with E-state index in [4.69, 9.17) is 15.2 Å². The number of likely N-dealkylation sites (tertiary alicyclic amines) is 1. The van der Waals surface area contributed by atoms with Crippen LogP contribution in [0, 0.1) is 23.7 Å². The molecule has 9 atom stereocenters. The maximum atomic E-state index is 14.4. The molecule has 316 valence electrons. The fourth-order valence-corrected chi connectivity index (χ4v) is 8.50. The second kappa shape index (κ2) is 22.4. The van der Waals surface area contributed by atoms with Gasteiger partial charge in [0.1, 0.15) is 12.1 Å². The predicted molar refractivity (Wildman–Crippen MR) is 217 cm³/mol. The van der Waals surface area contributed by atoms with Crippen LogP contribution in [0.4, 0.5) is 0 Å². The minimum Gasteiger partial charge on any atom is -0.379 e. The highest BCUT2D eigenvalue weighted by molar-refractivity contribution is 5.90. The molecule has 56 heavy (non-hydrogen) atoms. The number of rotatable bonds is 21. The molecule has 0 radical (unpaired) electrons. The van der Waals surface area contributed by atoms with E-state index in [9.17, 15) is 24.0 Å². The van der Waals surface area contributed by atoms with E-state index in [1.165, 1.54) is 7.11 Å². The first-order chi connectivity index (χ1) is 26.6. The number of primary amides is 1. The molecule has 2 saturated heterocycles. The lowest BCUT2D eigenvalue weighted by atomic mass is 9.89. The van der Waals surface area contributed by atoms with Crippen molar-refractivity contribution in [3.05, 3.63) is 35.9 Å². The van der Waals surface area contributed by atoms with Crippen molar-refractivity contribution in [3.8, 4) is 0 Å². The average molecular weight is 786 g/mol. The Kier molecular flexibility index (Phi) is 18.7. The van der Waals surface area contributed by atoms with Crippen molar-refractivity contribution >= 4 is 29.5 Å². The first-order valence-corrected chi connectivity index (χ1v) is 20.6. The molecule has 14 heteroatoms. The fraction of sp³-hybridized carbons (Fsp3) is 0.738. The third-order valence-electron chi connectivity index (χ3n) is 11.9. The molecule has 1 unspecified atom stereocenters. The standard InChI is InChI=1S/C42H71N7O7/c1-11-28(6)37(47(8)42(54)35(26(2)3)46-41(53)36(27(4)5)48-22-19-44-20-23-48)33(55-9)25-34(50)49-21-15-18-32(49)38(56-10)29(7)40(52)45-31(39(43)51)24-30-16-13-12-14-17-30/h12-14,16-17,26-29,31-33,35-38,44H,11,15,18-25H2,1-10H3,(H2,43,51)(H,45,52)(H,46,53)/t28-,29+,31-,32-,33?,35-,36-,37-,38+/m0/s1. The molecule has 0 aromatic heterocycles. The third kappa shape index (κ3) is 12.2. The number of piperazine rings is 1. The van der Waals surface area contributed by atoms with Crippen LogP contribution in [0.1, 0.15) is 79.7 Å². The maximum absolute atomic E-state index is 14.4. The molecule has 0 spiro atoms. The van der Waals surface area contributed by atoms with Gasteiger partial charge in [0.25, 0.3) is 0 Å². The smallest absolute Gasteiger partial charge is 0.245 e. The van der Waals surface area contributed by atoms with Crippen LogP contribution in [0.15, 0.2) is 30.3 Å². The van der Waals surface area contributed by atoms with Crippen LogP contribution in [0.2, 0.25) is 0 Å². The lowest BCUT2D eigenvalue weighted by Gasteiger charge is -2.41. The average Bonchev–Trinajstić information content (AvgIpc) is 3.66. The van der Waals surface area contributed by atoms with Gasteiger partial charge in [-0.3, -0.25) is 28.9 Å². The van der Waals surface area contributed by atoms with Crippen LogP contribution >= 0.6 is 0 Å². The number of carbonyl (C=O) groups is 5. The molecule has 3 rings (SSSR count). The summed E-state index contributed by atoms with van der Waals surface area (Å²) in [5, 5.41) is 9.28. The Morgan fingerprint density at radius 3 is 2.09 bits per heavy atom. The zero-order valence-electron chi connectivity index (χ0n) is 35.6. The van der Waals surface area contributed by atoms with Crippen molar-refractivity contribution in [2.24, 2.45) is 29.4 Å². The summed E-state index contributed by atoms with van der Waals surface area (Å²) < 4.78 is 12.0. The molecule has 2 aliphatic rings. The highest BCUT2D eigenvalue weighted by Crippen LogP contribution is 2.30. The number of carbonyl (C=O) groups excluding carboxylic acids is 5. The van der Waals surface area contributed by atoms with Crippen LogP contribution in [0.3, 0.4) is 0 Å². The van der Waals surface area contributed by atoms with Crippen molar-refractivity contribution < 1.29 is 33.4 Å². The zero-order chi connectivity index (χ0) is 41.7. The summed E-state index contributed by atoms with van der Waals surface area (Å²) in [6.45, 7) is 17.4. The second-order valence-corrected chi connectivity index (χ2v) is 16.4. The van der Waals surface area contributed by atoms with E-state index in [0.717, 1.165) is 44.6 Å². The van der Waals surface area contributed by atoms with Crippen LogP contribution in [-0.2, 0) is 39.9 Å². The van der Waals surface area contributed by atoms with Gasteiger partial charge in [-0.15, -0.1) is 0 Å². The van der Waals surface area contributed by atoms with E-state index in [1.807, 2.05) is 71.9 Å². The topological polar surface area (TPSA) is 176 Å². The van der Waals surface area contributed by atoms with Crippen molar-refractivity contribution in [2.45, 2.75) is 123 Å². The summed E-state index contributed by atoms with van der Waals surface area (Å²) >= 11 is 0. The number of ether oxygens (including phenoxy) is 2. The summed E-state index contributed by atoms with van der Waals surface area (Å²) in [7, 11) is 4.83. The van der Waals surface area contributed by atoms with Gasteiger partial charge in [-0.2, -0.15) is 0 Å². The van der Waals surface area contributed by atoms with Gasteiger partial charge in [0.2, 0.25) is 29.5 Å². The first kappa shape index (κ1) is 46.8. The van der Waals surface area contributed by atoms with E-state index in [1.54, 1.807) is 30.9 Å². The number of nitrogens with two attached hydrogens (primary N) is 1. The summed E-state index contributed by atoms with van der Waals surface area (Å²) in [5.41, 5.74) is 6.55. The molecular weight excluding hydrogens is 715 g/mol. The van der Waals surface area contributed by atoms with E-state index < -0.39 is 48.2 Å². The number of hydrogen-bond acceptors (Lipinski definition) is 9. The minimum atomic E-state index is -0.904. The quantitative estimate of drug-likeness (QED) is 0.146. The summed E-state index contributed by atoms with van der Waals surface area (Å²) in [4.78, 5) is 74.1. The molecule has 1 aromatic carbocycles. The number of benzene rings is 1. The fourth-order valence-electron chi connectivity index (χ4n) is 8.50. The minimum absolute atomic E-state index is 0.00852. The van der Waals surface area contributed by atoms with Gasteiger partial charge in [0.05, 0.1) is 42.7 Å². The predicted octanol–water partition coefficient (Wildman–Crippen LogP) is 2.19. The van der Waals surface area contributed by atoms with Gasteiger partial charge in [-0.25, -0.2) is 0 Å². The number of nitrogens with zero attached hydrogens (tertiary/aromatic N) is 3. The van der Waals surface area contributed by atoms with Crippen LogP contribution < -0.4 is 21.7 Å². The lowest BCUT2D eigenvalue weighted by Crippen LogP contribution is -2.61. The zero-order valence-corrected chi connectivity index (χ0v) is 35.6. The number of hydrogen-bond donors (Lipinski definition) is 4. The van der Waals surface area contributed by atoms with Crippen molar-refractivity contribution in [1.82, 2.24) is 30.7 Å². The number of likely N-dealkylation sites (N-methyl/N-ethyl adjacent to an activating group) is 1. The third-order valence-corrected chi connectivity index (χ3v) is 11.9. The van der Waals surface area contributed by atoms with E-state index in [0.29, 0.717) is 13.0 Å². The largest absolute Gasteiger partial charge is 0.379 e. The monoisotopic (exact) mass is 786 g/mol. The van der Waals surface area contributed by atoms with Crippen LogP contribution in [0.5, 0.6) is 0 Å².